The van der Waals surface area contributed by atoms with Crippen molar-refractivity contribution < 1.29 is 22.3 Å². The molecule has 2 aromatic heterocycles. The van der Waals surface area contributed by atoms with E-state index < -0.39 is 17.6 Å². The first-order chi connectivity index (χ1) is 17.3. The minimum absolute atomic E-state index is 0.0118. The van der Waals surface area contributed by atoms with Gasteiger partial charge in [0.2, 0.25) is 0 Å². The van der Waals surface area contributed by atoms with Gasteiger partial charge in [0, 0.05) is 36.7 Å². The number of thiazole rings is 1. The molecule has 2 aliphatic heterocycles. The zero-order valence-electron chi connectivity index (χ0n) is 18.8. The molecule has 4 heterocycles. The van der Waals surface area contributed by atoms with Gasteiger partial charge in [0.05, 0.1) is 33.6 Å². The Hall–Kier alpha value is -2.71. The number of aromatic nitrogens is 2. The summed E-state index contributed by atoms with van der Waals surface area (Å²) in [4.78, 5) is 10.5. The van der Waals surface area contributed by atoms with Gasteiger partial charge in [0.1, 0.15) is 12.4 Å². The smallest absolute Gasteiger partial charge is 0.417 e. The van der Waals surface area contributed by atoms with Crippen LogP contribution in [0.5, 0.6) is 5.75 Å². The third-order valence-electron chi connectivity index (χ3n) is 5.98. The zero-order chi connectivity index (χ0) is 25.3. The highest BCUT2D eigenvalue weighted by Gasteiger charge is 2.32. The Balaban J connectivity index is 1.15. The average Bonchev–Trinajstić information content (AvgIpc) is 3.56. The first-order valence-corrected chi connectivity index (χ1v) is 12.4. The van der Waals surface area contributed by atoms with E-state index in [4.69, 9.17) is 16.3 Å². The topological polar surface area (TPSA) is 77.6 Å². The van der Waals surface area contributed by atoms with Crippen molar-refractivity contribution in [3.8, 4) is 5.75 Å². The molecule has 0 amide bonds. The lowest BCUT2D eigenvalue weighted by Gasteiger charge is -2.32. The number of alkyl halides is 3. The summed E-state index contributed by atoms with van der Waals surface area (Å²) in [6, 6.07) is 5.62. The molecule has 8 nitrogen and oxygen atoms in total. The molecule has 2 saturated heterocycles. The van der Waals surface area contributed by atoms with Gasteiger partial charge >= 0.3 is 6.18 Å². The highest BCUT2D eigenvalue weighted by atomic mass is 35.5. The summed E-state index contributed by atoms with van der Waals surface area (Å²) < 4.78 is 58.7. The fraction of sp³-hybridized carbons (Fsp3) is 0.364. The van der Waals surface area contributed by atoms with Crippen molar-refractivity contribution in [2.24, 2.45) is 0 Å². The maximum atomic E-state index is 14.5. The number of halogens is 5. The third-order valence-corrected chi connectivity index (χ3v) is 7.32. The van der Waals surface area contributed by atoms with Crippen LogP contribution in [0.1, 0.15) is 35.0 Å². The number of anilines is 2. The predicted octanol–water partition coefficient (Wildman–Crippen LogP) is 4.60. The molecule has 3 N–H and O–H groups in total. The van der Waals surface area contributed by atoms with E-state index in [0.717, 1.165) is 30.1 Å². The molecule has 3 aromatic rings. The molecule has 192 valence electrons. The van der Waals surface area contributed by atoms with Crippen LogP contribution in [-0.2, 0) is 12.8 Å². The third kappa shape index (κ3) is 5.49. The van der Waals surface area contributed by atoms with E-state index in [-0.39, 0.29) is 23.3 Å². The van der Waals surface area contributed by atoms with Crippen LogP contribution in [0.15, 0.2) is 35.8 Å². The molecule has 0 radical (unpaired) electrons. The Kier molecular flexibility index (Phi) is 7.17. The molecule has 5 rings (SSSR count). The number of benzene rings is 1. The lowest BCUT2D eigenvalue weighted by atomic mass is 9.97. The second kappa shape index (κ2) is 10.3. The molecule has 2 aliphatic rings. The van der Waals surface area contributed by atoms with E-state index in [1.54, 1.807) is 17.1 Å². The normalized spacial score (nSPS) is 17.1. The van der Waals surface area contributed by atoms with Gasteiger partial charge in [-0.15, -0.1) is 11.3 Å². The lowest BCUT2D eigenvalue weighted by Crippen LogP contribution is -2.36. The van der Waals surface area contributed by atoms with Gasteiger partial charge in [-0.25, -0.2) is 19.8 Å². The molecule has 14 heteroatoms. The van der Waals surface area contributed by atoms with Crippen LogP contribution in [0.4, 0.5) is 29.1 Å². The Bertz CT molecular complexity index is 1210. The van der Waals surface area contributed by atoms with Crippen molar-refractivity contribution >= 4 is 34.4 Å². The summed E-state index contributed by atoms with van der Waals surface area (Å²) in [7, 11) is 0. The van der Waals surface area contributed by atoms with E-state index >= 15 is 0 Å². The first-order valence-electron chi connectivity index (χ1n) is 11.1. The Morgan fingerprint density at radius 1 is 1.19 bits per heavy atom. The van der Waals surface area contributed by atoms with Crippen LogP contribution >= 0.6 is 22.9 Å². The first kappa shape index (κ1) is 25.0. The minimum Gasteiger partial charge on any atom is -0.484 e. The summed E-state index contributed by atoms with van der Waals surface area (Å²) in [5.74, 6) is 0.235. The van der Waals surface area contributed by atoms with Gasteiger partial charge in [0.15, 0.2) is 11.6 Å². The minimum atomic E-state index is -4.48. The van der Waals surface area contributed by atoms with E-state index in [1.807, 2.05) is 10.3 Å². The Morgan fingerprint density at radius 3 is 2.67 bits per heavy atom. The van der Waals surface area contributed by atoms with E-state index in [0.29, 0.717) is 37.0 Å². The maximum Gasteiger partial charge on any atom is 0.417 e. The molecule has 0 saturated carbocycles. The predicted molar refractivity (Wildman–Crippen MR) is 128 cm³/mol. The van der Waals surface area contributed by atoms with Crippen LogP contribution in [0.3, 0.4) is 0 Å². The molecule has 1 aromatic carbocycles. The monoisotopic (exact) mass is 543 g/mol. The van der Waals surface area contributed by atoms with Gasteiger partial charge in [-0.2, -0.15) is 24.2 Å². The molecule has 0 unspecified atom stereocenters. The molecule has 36 heavy (non-hydrogen) atoms. The number of nitrogens with zero attached hydrogens (tertiary/aromatic N) is 4. The number of hydrazine groups is 3. The van der Waals surface area contributed by atoms with E-state index in [9.17, 15) is 17.6 Å². The van der Waals surface area contributed by atoms with Gasteiger partial charge in [-0.1, -0.05) is 11.6 Å². The van der Waals surface area contributed by atoms with Crippen LogP contribution in [0, 0.1) is 5.82 Å². The number of rotatable bonds is 6. The number of piperidine rings is 1. The van der Waals surface area contributed by atoms with Crippen LogP contribution in [0.25, 0.3) is 0 Å². The fourth-order valence-corrected chi connectivity index (χ4v) is 5.34. The van der Waals surface area contributed by atoms with Gasteiger partial charge < -0.3 is 9.64 Å². The van der Waals surface area contributed by atoms with Crippen molar-refractivity contribution in [2.75, 3.05) is 29.7 Å². The molecular formula is C22H22ClF4N7OS. The molecule has 0 atom stereocenters. The molecule has 0 bridgehead atoms. The Morgan fingerprint density at radius 2 is 2.00 bits per heavy atom. The van der Waals surface area contributed by atoms with E-state index in [1.165, 1.54) is 17.4 Å². The number of hydrogen-bond acceptors (Lipinski definition) is 9. The molecule has 0 aliphatic carbocycles. The molecule has 2 fully saturated rings. The highest BCUT2D eigenvalue weighted by molar-refractivity contribution is 7.09. The average molecular weight is 544 g/mol. The largest absolute Gasteiger partial charge is 0.484 e. The Labute approximate surface area is 213 Å². The van der Waals surface area contributed by atoms with Gasteiger partial charge in [-0.3, -0.25) is 5.01 Å². The second-order valence-electron chi connectivity index (χ2n) is 8.37. The second-order valence-corrected chi connectivity index (χ2v) is 9.67. The molecular weight excluding hydrogens is 522 g/mol. The number of pyridine rings is 1. The number of ether oxygens (including phenoxy) is 1. The van der Waals surface area contributed by atoms with Crippen LogP contribution in [-0.4, -0.2) is 29.7 Å². The summed E-state index contributed by atoms with van der Waals surface area (Å²) >= 11 is 7.62. The molecule has 0 spiro atoms. The number of nitrogens with one attached hydrogen (secondary N) is 3. The van der Waals surface area contributed by atoms with Crippen molar-refractivity contribution in [3.05, 3.63) is 62.9 Å². The van der Waals surface area contributed by atoms with Gasteiger partial charge in [0.25, 0.3) is 0 Å². The zero-order valence-corrected chi connectivity index (χ0v) is 20.4. The van der Waals surface area contributed by atoms with Crippen molar-refractivity contribution in [3.63, 3.8) is 0 Å². The SMILES string of the molecule is Fc1cc(N2CNNN2)ccc1OCc1csc(C2CCN(c3ncc(C(F)(F)F)cc3Cl)CC2)n1. The lowest BCUT2D eigenvalue weighted by molar-refractivity contribution is -0.137. The summed E-state index contributed by atoms with van der Waals surface area (Å²) in [6.45, 7) is 1.82. The van der Waals surface area contributed by atoms with Crippen molar-refractivity contribution in [1.29, 1.82) is 0 Å². The quantitative estimate of drug-likeness (QED) is 0.389. The van der Waals surface area contributed by atoms with Crippen LogP contribution in [0.2, 0.25) is 5.02 Å². The highest BCUT2D eigenvalue weighted by Crippen LogP contribution is 2.37. The summed E-state index contributed by atoms with van der Waals surface area (Å²) in [5.41, 5.74) is 8.90. The summed E-state index contributed by atoms with van der Waals surface area (Å²) in [5, 5.41) is 4.54. The van der Waals surface area contributed by atoms with E-state index in [2.05, 4.69) is 26.5 Å². The maximum absolute atomic E-state index is 14.5. The van der Waals surface area contributed by atoms with Crippen molar-refractivity contribution in [2.45, 2.75) is 31.5 Å². The standard InChI is InChI=1S/C22H22ClF4N7OS/c23-17-7-14(22(25,26)27)9-28-20(17)33-5-3-13(4-6-33)21-30-15(11-36-21)10-35-19-2-1-16(8-18(19)24)34-12-29-31-32-34/h1-2,7-9,11,13,29,31-32H,3-6,10,12H2. The van der Waals surface area contributed by atoms with Crippen LogP contribution < -0.4 is 31.1 Å². The van der Waals surface area contributed by atoms with Gasteiger partial charge in [-0.05, 0) is 31.0 Å². The number of hydrogen-bond donors (Lipinski definition) is 3. The van der Waals surface area contributed by atoms with Crippen molar-refractivity contribution in [1.82, 2.24) is 26.5 Å². The summed E-state index contributed by atoms with van der Waals surface area (Å²) in [6.07, 6.45) is -2.15. The fourth-order valence-electron chi connectivity index (χ4n) is 4.08.